The second kappa shape index (κ2) is 7.18. The molecule has 2 N–H and O–H groups in total. The Morgan fingerprint density at radius 1 is 1.29 bits per heavy atom. The van der Waals surface area contributed by atoms with Crippen molar-refractivity contribution in [2.45, 2.75) is 52.7 Å². The lowest BCUT2D eigenvalue weighted by atomic mass is 9.86. The van der Waals surface area contributed by atoms with E-state index in [9.17, 15) is 9.90 Å². The summed E-state index contributed by atoms with van der Waals surface area (Å²) in [4.78, 5) is 12.3. The fourth-order valence-corrected chi connectivity index (χ4v) is 2.57. The van der Waals surface area contributed by atoms with Crippen LogP contribution in [0.3, 0.4) is 0 Å². The van der Waals surface area contributed by atoms with Crippen LogP contribution in [0, 0.1) is 6.92 Å². The monoisotopic (exact) mass is 329 g/mol. The highest BCUT2D eigenvalue weighted by atomic mass is 16.3. The first-order chi connectivity index (χ1) is 11.2. The minimum atomic E-state index is -0.734. The number of nitrogens with one attached hydrogen (secondary N) is 1. The van der Waals surface area contributed by atoms with Crippen molar-refractivity contribution in [3.05, 3.63) is 52.8 Å². The second-order valence-electron chi connectivity index (χ2n) is 7.08. The van der Waals surface area contributed by atoms with Crippen LogP contribution >= 0.6 is 0 Å². The van der Waals surface area contributed by atoms with Crippen molar-refractivity contribution in [1.82, 2.24) is 15.1 Å². The van der Waals surface area contributed by atoms with Crippen LogP contribution < -0.4 is 5.32 Å². The molecule has 0 saturated carbocycles. The van der Waals surface area contributed by atoms with Gasteiger partial charge in [0, 0.05) is 13.1 Å². The molecule has 5 heteroatoms. The minimum Gasteiger partial charge on any atom is -0.387 e. The number of aromatic nitrogens is 2. The molecule has 2 rings (SSSR count). The van der Waals surface area contributed by atoms with E-state index in [1.165, 1.54) is 5.56 Å². The van der Waals surface area contributed by atoms with Gasteiger partial charge >= 0.3 is 0 Å². The van der Waals surface area contributed by atoms with Gasteiger partial charge in [-0.3, -0.25) is 9.48 Å². The zero-order valence-corrected chi connectivity index (χ0v) is 15.1. The molecule has 0 aliphatic heterocycles. The molecule has 2 aromatic rings. The van der Waals surface area contributed by atoms with Gasteiger partial charge in [-0.25, -0.2) is 0 Å². The maximum Gasteiger partial charge on any atom is 0.269 e. The Labute approximate surface area is 143 Å². The fraction of sp³-hybridized carbons (Fsp3) is 0.474. The molecular formula is C19H27N3O2. The molecule has 1 heterocycles. The number of aliphatic hydroxyl groups is 1. The summed E-state index contributed by atoms with van der Waals surface area (Å²) in [5.74, 6) is -0.220. The molecule has 1 aromatic heterocycles. The lowest BCUT2D eigenvalue weighted by Crippen LogP contribution is -2.30. The summed E-state index contributed by atoms with van der Waals surface area (Å²) in [6.45, 7) is 11.0. The molecule has 1 amide bonds. The summed E-state index contributed by atoms with van der Waals surface area (Å²) in [5.41, 5.74) is 3.41. The predicted molar refractivity (Wildman–Crippen MR) is 95.1 cm³/mol. The molecule has 0 aliphatic rings. The fourth-order valence-electron chi connectivity index (χ4n) is 2.57. The van der Waals surface area contributed by atoms with Gasteiger partial charge in [0.05, 0.1) is 11.8 Å². The summed E-state index contributed by atoms with van der Waals surface area (Å²) in [5, 5.41) is 17.3. The van der Waals surface area contributed by atoms with E-state index in [0.29, 0.717) is 12.2 Å². The van der Waals surface area contributed by atoms with Crippen molar-refractivity contribution in [3.8, 4) is 0 Å². The number of hydrogen-bond donors (Lipinski definition) is 2. The number of aryl methyl sites for hydroxylation is 2. The van der Waals surface area contributed by atoms with Crippen molar-refractivity contribution in [1.29, 1.82) is 0 Å². The minimum absolute atomic E-state index is 0.0775. The van der Waals surface area contributed by atoms with Gasteiger partial charge in [0.2, 0.25) is 0 Å². The number of aliphatic hydroxyl groups excluding tert-OH is 1. The first kappa shape index (κ1) is 18.2. The Balaban J connectivity index is 1.99. The van der Waals surface area contributed by atoms with Crippen molar-refractivity contribution < 1.29 is 9.90 Å². The summed E-state index contributed by atoms with van der Waals surface area (Å²) in [7, 11) is 0. The third kappa shape index (κ3) is 4.23. The van der Waals surface area contributed by atoms with Crippen molar-refractivity contribution in [3.63, 3.8) is 0 Å². The summed E-state index contributed by atoms with van der Waals surface area (Å²) < 4.78 is 1.66. The molecule has 130 valence electrons. The maximum absolute atomic E-state index is 12.3. The highest BCUT2D eigenvalue weighted by Gasteiger charge is 2.17. The van der Waals surface area contributed by atoms with Gasteiger partial charge in [0.15, 0.2) is 0 Å². The molecule has 1 atom stereocenters. The number of hydrogen-bond acceptors (Lipinski definition) is 3. The average molecular weight is 329 g/mol. The third-order valence-corrected chi connectivity index (χ3v) is 4.05. The van der Waals surface area contributed by atoms with E-state index in [-0.39, 0.29) is 17.9 Å². The molecule has 0 bridgehead atoms. The van der Waals surface area contributed by atoms with E-state index in [1.54, 1.807) is 10.7 Å². The molecule has 0 aliphatic carbocycles. The number of carbonyl (C=O) groups excluding carboxylic acids is 1. The van der Waals surface area contributed by atoms with Gasteiger partial charge in [0.25, 0.3) is 5.91 Å². The maximum atomic E-state index is 12.3. The van der Waals surface area contributed by atoms with E-state index in [2.05, 4.69) is 31.2 Å². The van der Waals surface area contributed by atoms with Crippen molar-refractivity contribution in [2.75, 3.05) is 6.54 Å². The molecule has 5 nitrogen and oxygen atoms in total. The van der Waals surface area contributed by atoms with E-state index in [4.69, 9.17) is 0 Å². The van der Waals surface area contributed by atoms with Gasteiger partial charge in [-0.2, -0.15) is 5.10 Å². The van der Waals surface area contributed by atoms with Crippen LogP contribution in [0.25, 0.3) is 0 Å². The summed E-state index contributed by atoms with van der Waals surface area (Å²) in [6.07, 6.45) is -0.734. The van der Waals surface area contributed by atoms with Crippen LogP contribution in [0.5, 0.6) is 0 Å². The molecule has 1 aromatic carbocycles. The first-order valence-electron chi connectivity index (χ1n) is 8.33. The van der Waals surface area contributed by atoms with Gasteiger partial charge in [-0.1, -0.05) is 45.0 Å². The number of rotatable bonds is 5. The number of carbonyl (C=O) groups is 1. The quantitative estimate of drug-likeness (QED) is 0.886. The van der Waals surface area contributed by atoms with E-state index >= 15 is 0 Å². The van der Waals surface area contributed by atoms with Crippen molar-refractivity contribution >= 4 is 5.91 Å². The molecule has 1 unspecified atom stereocenters. The first-order valence-corrected chi connectivity index (χ1v) is 8.33. The largest absolute Gasteiger partial charge is 0.387 e. The Morgan fingerprint density at radius 3 is 2.46 bits per heavy atom. The van der Waals surface area contributed by atoms with Crippen LogP contribution in [-0.2, 0) is 12.0 Å². The van der Waals surface area contributed by atoms with Gasteiger partial charge in [0.1, 0.15) is 5.69 Å². The van der Waals surface area contributed by atoms with Gasteiger partial charge < -0.3 is 10.4 Å². The number of nitrogens with zero attached hydrogens (tertiary/aromatic N) is 2. The van der Waals surface area contributed by atoms with Gasteiger partial charge in [-0.05, 0) is 36.5 Å². The van der Waals surface area contributed by atoms with Crippen LogP contribution in [0.1, 0.15) is 61.1 Å². The molecular weight excluding hydrogens is 302 g/mol. The lowest BCUT2D eigenvalue weighted by Gasteiger charge is -2.20. The standard InChI is InChI=1S/C19H27N3O2/c1-6-22-16(11-13(2)21-22)18(24)20-12-17(23)14-7-9-15(10-8-14)19(3,4)5/h7-11,17,23H,6,12H2,1-5H3,(H,20,24). The van der Waals surface area contributed by atoms with E-state index in [0.717, 1.165) is 11.3 Å². The number of benzene rings is 1. The van der Waals surface area contributed by atoms with E-state index in [1.807, 2.05) is 38.1 Å². The Kier molecular flexibility index (Phi) is 5.44. The Hall–Kier alpha value is -2.14. The summed E-state index contributed by atoms with van der Waals surface area (Å²) in [6, 6.07) is 9.63. The zero-order chi connectivity index (χ0) is 17.9. The molecule has 24 heavy (non-hydrogen) atoms. The topological polar surface area (TPSA) is 67.2 Å². The van der Waals surface area contributed by atoms with Crippen molar-refractivity contribution in [2.24, 2.45) is 0 Å². The Bertz CT molecular complexity index is 696. The van der Waals surface area contributed by atoms with E-state index < -0.39 is 6.10 Å². The van der Waals surface area contributed by atoms with Crippen LogP contribution in [0.4, 0.5) is 0 Å². The van der Waals surface area contributed by atoms with Crippen LogP contribution in [0.15, 0.2) is 30.3 Å². The smallest absolute Gasteiger partial charge is 0.269 e. The molecule has 0 saturated heterocycles. The third-order valence-electron chi connectivity index (χ3n) is 4.05. The highest BCUT2D eigenvalue weighted by molar-refractivity contribution is 5.92. The van der Waals surface area contributed by atoms with Gasteiger partial charge in [-0.15, -0.1) is 0 Å². The van der Waals surface area contributed by atoms with Crippen LogP contribution in [0.2, 0.25) is 0 Å². The Morgan fingerprint density at radius 2 is 1.92 bits per heavy atom. The highest BCUT2D eigenvalue weighted by Crippen LogP contribution is 2.23. The normalized spacial score (nSPS) is 12.9. The molecule has 0 radical (unpaired) electrons. The molecule has 0 fully saturated rings. The second-order valence-corrected chi connectivity index (χ2v) is 7.08. The summed E-state index contributed by atoms with van der Waals surface area (Å²) >= 11 is 0. The average Bonchev–Trinajstić information content (AvgIpc) is 2.92. The number of amides is 1. The predicted octanol–water partition coefficient (Wildman–Crippen LogP) is 2.97. The lowest BCUT2D eigenvalue weighted by molar-refractivity contribution is 0.0905. The zero-order valence-electron chi connectivity index (χ0n) is 15.1. The SMILES string of the molecule is CCn1nc(C)cc1C(=O)NCC(O)c1ccc(C(C)(C)C)cc1. The van der Waals surface area contributed by atoms with Crippen LogP contribution in [-0.4, -0.2) is 27.3 Å². The molecule has 0 spiro atoms.